The average molecular weight is 342 g/mol. The number of hydrogen-bond acceptors (Lipinski definition) is 4. The van der Waals surface area contributed by atoms with E-state index in [0.717, 1.165) is 25.7 Å². The predicted octanol–water partition coefficient (Wildman–Crippen LogP) is 5.11. The highest BCUT2D eigenvalue weighted by atomic mass is 16.3. The summed E-state index contributed by atoms with van der Waals surface area (Å²) in [6.07, 6.45) is 15.0. The van der Waals surface area contributed by atoms with Gasteiger partial charge in [-0.15, -0.1) is 0 Å². The molecule has 4 nitrogen and oxygen atoms in total. The van der Waals surface area contributed by atoms with Gasteiger partial charge in [0.2, 0.25) is 0 Å². The van der Waals surface area contributed by atoms with Crippen molar-refractivity contribution < 1.29 is 15.3 Å². The highest BCUT2D eigenvalue weighted by Crippen LogP contribution is 2.08. The second kappa shape index (κ2) is 16.8. The lowest BCUT2D eigenvalue weighted by atomic mass is 10.1. The van der Waals surface area contributed by atoms with Crippen molar-refractivity contribution in [1.82, 2.24) is 4.90 Å². The van der Waals surface area contributed by atoms with Crippen molar-refractivity contribution >= 4 is 0 Å². The number of hydrogen-bond donors (Lipinski definition) is 3. The topological polar surface area (TPSA) is 63.9 Å². The van der Waals surface area contributed by atoms with Crippen LogP contribution in [0.15, 0.2) is 23.7 Å². The van der Waals surface area contributed by atoms with E-state index >= 15 is 0 Å². The van der Waals surface area contributed by atoms with Crippen molar-refractivity contribution in [2.24, 2.45) is 0 Å². The zero-order chi connectivity index (χ0) is 18.0. The van der Waals surface area contributed by atoms with Gasteiger partial charge < -0.3 is 15.3 Å². The van der Waals surface area contributed by atoms with E-state index in [4.69, 9.17) is 5.11 Å². The van der Waals surface area contributed by atoms with Crippen molar-refractivity contribution in [2.75, 3.05) is 26.2 Å². The van der Waals surface area contributed by atoms with Gasteiger partial charge in [0.05, 0.1) is 19.7 Å². The van der Waals surface area contributed by atoms with Gasteiger partial charge in [-0.25, -0.2) is 0 Å². The van der Waals surface area contributed by atoms with Crippen molar-refractivity contribution in [3.05, 3.63) is 23.7 Å². The SMILES string of the molecule is CCCCCC/C=C(\O)CN(CCO)C/C(O)=C/CCCCCC. The fourth-order valence-electron chi connectivity index (χ4n) is 2.62. The van der Waals surface area contributed by atoms with E-state index in [1.54, 1.807) is 0 Å². The molecule has 142 valence electrons. The van der Waals surface area contributed by atoms with Gasteiger partial charge in [-0.05, 0) is 37.8 Å². The molecule has 0 heterocycles. The average Bonchev–Trinajstić information content (AvgIpc) is 2.54. The molecule has 0 amide bonds. The van der Waals surface area contributed by atoms with E-state index in [1.807, 2.05) is 17.1 Å². The minimum absolute atomic E-state index is 0.0214. The molecule has 0 aromatic heterocycles. The van der Waals surface area contributed by atoms with Crippen LogP contribution in [0.4, 0.5) is 0 Å². The van der Waals surface area contributed by atoms with Crippen LogP contribution in [0.1, 0.15) is 78.1 Å². The lowest BCUT2D eigenvalue weighted by Gasteiger charge is -2.20. The smallest absolute Gasteiger partial charge is 0.102 e. The standard InChI is InChI=1S/C20H39NO3/c1-3-5-7-9-11-13-19(23)17-21(15-16-22)18-20(24)14-12-10-8-6-4-2/h13-14,22-24H,3-12,15-18H2,1-2H3/b19-13-,20-14-. The van der Waals surface area contributed by atoms with E-state index in [0.29, 0.717) is 31.2 Å². The first-order valence-corrected chi connectivity index (χ1v) is 9.73. The molecule has 0 bridgehead atoms. The fraction of sp³-hybridized carbons (Fsp3) is 0.800. The van der Waals surface area contributed by atoms with E-state index in [-0.39, 0.29) is 6.61 Å². The Morgan fingerprint density at radius 2 is 1.21 bits per heavy atom. The minimum Gasteiger partial charge on any atom is -0.511 e. The number of allylic oxidation sites excluding steroid dienone is 2. The molecule has 0 radical (unpaired) electrons. The summed E-state index contributed by atoms with van der Waals surface area (Å²) in [5.74, 6) is 0.659. The molecule has 0 aliphatic carbocycles. The van der Waals surface area contributed by atoms with Gasteiger partial charge in [0.25, 0.3) is 0 Å². The molecular weight excluding hydrogens is 302 g/mol. The molecule has 0 fully saturated rings. The van der Waals surface area contributed by atoms with Gasteiger partial charge in [-0.1, -0.05) is 52.4 Å². The van der Waals surface area contributed by atoms with Crippen molar-refractivity contribution in [2.45, 2.75) is 78.1 Å². The third kappa shape index (κ3) is 14.6. The first kappa shape index (κ1) is 23.0. The lowest BCUT2D eigenvalue weighted by Crippen LogP contribution is -2.31. The minimum atomic E-state index is 0.0214. The zero-order valence-corrected chi connectivity index (χ0v) is 15.8. The molecule has 0 aromatic carbocycles. The molecule has 0 aliphatic rings. The maximum Gasteiger partial charge on any atom is 0.102 e. The molecule has 3 N–H and O–H groups in total. The lowest BCUT2D eigenvalue weighted by molar-refractivity contribution is 0.182. The fourth-order valence-corrected chi connectivity index (χ4v) is 2.62. The summed E-state index contributed by atoms with van der Waals surface area (Å²) in [6, 6.07) is 0. The van der Waals surface area contributed by atoms with Gasteiger partial charge in [-0.2, -0.15) is 0 Å². The molecule has 0 unspecified atom stereocenters. The summed E-state index contributed by atoms with van der Waals surface area (Å²) in [7, 11) is 0. The van der Waals surface area contributed by atoms with Crippen LogP contribution in [0.5, 0.6) is 0 Å². The Kier molecular flexibility index (Phi) is 16.1. The summed E-state index contributed by atoms with van der Waals surface area (Å²) in [5, 5.41) is 29.2. The summed E-state index contributed by atoms with van der Waals surface area (Å²) in [5.41, 5.74) is 0. The summed E-state index contributed by atoms with van der Waals surface area (Å²) in [4.78, 5) is 1.87. The normalized spacial score (nSPS) is 13.0. The molecule has 0 aromatic rings. The highest BCUT2D eigenvalue weighted by molar-refractivity contribution is 4.98. The first-order valence-electron chi connectivity index (χ1n) is 9.73. The maximum absolute atomic E-state index is 10.0. The molecule has 0 aliphatic heterocycles. The van der Waals surface area contributed by atoms with E-state index in [1.165, 1.54) is 38.5 Å². The molecule has 24 heavy (non-hydrogen) atoms. The van der Waals surface area contributed by atoms with Gasteiger partial charge in [0.15, 0.2) is 0 Å². The summed E-state index contributed by atoms with van der Waals surface area (Å²) in [6.45, 7) is 5.59. The van der Waals surface area contributed by atoms with Crippen molar-refractivity contribution in [1.29, 1.82) is 0 Å². The van der Waals surface area contributed by atoms with Crippen LogP contribution >= 0.6 is 0 Å². The van der Waals surface area contributed by atoms with E-state index < -0.39 is 0 Å². The van der Waals surface area contributed by atoms with Crippen molar-refractivity contribution in [3.8, 4) is 0 Å². The molecule has 0 saturated heterocycles. The quantitative estimate of drug-likeness (QED) is 0.270. The monoisotopic (exact) mass is 341 g/mol. The number of unbranched alkanes of at least 4 members (excludes halogenated alkanes) is 8. The van der Waals surface area contributed by atoms with Crippen LogP contribution in [-0.2, 0) is 0 Å². The number of aliphatic hydroxyl groups excluding tert-OH is 3. The second-order valence-corrected chi connectivity index (χ2v) is 6.52. The Morgan fingerprint density at radius 3 is 1.58 bits per heavy atom. The molecule has 0 atom stereocenters. The number of aliphatic hydroxyl groups is 3. The van der Waals surface area contributed by atoms with Crippen LogP contribution in [-0.4, -0.2) is 46.5 Å². The van der Waals surface area contributed by atoms with Gasteiger partial charge in [-0.3, -0.25) is 4.90 Å². The summed E-state index contributed by atoms with van der Waals surface area (Å²) >= 11 is 0. The Bertz CT molecular complexity index is 310. The second-order valence-electron chi connectivity index (χ2n) is 6.52. The highest BCUT2D eigenvalue weighted by Gasteiger charge is 2.08. The van der Waals surface area contributed by atoms with E-state index in [2.05, 4.69) is 13.8 Å². The Morgan fingerprint density at radius 1 is 0.750 bits per heavy atom. The van der Waals surface area contributed by atoms with Crippen molar-refractivity contribution in [3.63, 3.8) is 0 Å². The Labute approximate surface area is 148 Å². The van der Waals surface area contributed by atoms with Gasteiger partial charge in [0.1, 0.15) is 11.5 Å². The molecule has 0 spiro atoms. The molecule has 0 saturated carbocycles. The first-order chi connectivity index (χ1) is 11.6. The molecule has 4 heteroatoms. The third-order valence-electron chi connectivity index (χ3n) is 4.06. The zero-order valence-electron chi connectivity index (χ0n) is 15.8. The van der Waals surface area contributed by atoms with Crippen LogP contribution in [0.2, 0.25) is 0 Å². The summed E-state index contributed by atoms with van der Waals surface area (Å²) < 4.78 is 0. The van der Waals surface area contributed by atoms with Crippen LogP contribution < -0.4 is 0 Å². The largest absolute Gasteiger partial charge is 0.511 e. The van der Waals surface area contributed by atoms with Crippen LogP contribution in [0.25, 0.3) is 0 Å². The molecular formula is C20H39NO3. The van der Waals surface area contributed by atoms with Gasteiger partial charge >= 0.3 is 0 Å². The maximum atomic E-state index is 10.0. The number of nitrogens with zero attached hydrogens (tertiary/aromatic N) is 1. The van der Waals surface area contributed by atoms with Crippen LogP contribution in [0, 0.1) is 0 Å². The predicted molar refractivity (Wildman–Crippen MR) is 102 cm³/mol. The van der Waals surface area contributed by atoms with Crippen LogP contribution in [0.3, 0.4) is 0 Å². The number of rotatable bonds is 16. The molecule has 0 rings (SSSR count). The Hall–Kier alpha value is -1.00. The van der Waals surface area contributed by atoms with Gasteiger partial charge in [0, 0.05) is 6.54 Å². The Balaban J connectivity index is 4.17. The third-order valence-corrected chi connectivity index (χ3v) is 4.06. The van der Waals surface area contributed by atoms with E-state index in [9.17, 15) is 10.2 Å².